The third kappa shape index (κ3) is 27.1. The highest BCUT2D eigenvalue weighted by Crippen LogP contribution is 2.23. The number of nitrogens with zero attached hydrogens (tertiary/aromatic N) is 10. The van der Waals surface area contributed by atoms with Crippen molar-refractivity contribution in [3.8, 4) is 0 Å². The number of aryl methyl sites for hydroxylation is 10. The zero-order valence-corrected chi connectivity index (χ0v) is 41.8. The molecular weight excluding hydrogens is 845 g/mol. The monoisotopic (exact) mass is 916 g/mol. The van der Waals surface area contributed by atoms with E-state index in [2.05, 4.69) is 96.2 Å². The van der Waals surface area contributed by atoms with Crippen molar-refractivity contribution in [1.82, 2.24) is 14.1 Å². The number of nitro benzene ring substituents is 2. The third-order valence-corrected chi connectivity index (χ3v) is 8.91. The van der Waals surface area contributed by atoms with Crippen molar-refractivity contribution in [2.45, 2.75) is 34.6 Å². The van der Waals surface area contributed by atoms with E-state index in [-0.39, 0.29) is 11.4 Å². The van der Waals surface area contributed by atoms with Crippen LogP contribution in [0.5, 0.6) is 0 Å². The molecule has 0 spiro atoms. The Kier molecular flexibility index (Phi) is 27.1. The van der Waals surface area contributed by atoms with Crippen LogP contribution < -0.4 is 23.5 Å². The average Bonchev–Trinajstić information content (AvgIpc) is 4.08. The molecule has 15 nitrogen and oxygen atoms in total. The maximum atomic E-state index is 10.4. The van der Waals surface area contributed by atoms with Gasteiger partial charge >= 0.3 is 0 Å². The standard InChI is InChI=1S/C9H13N.C8H13N2.C7H6N2O4.C7H10N.C7H8.C5H9N2.C5H6O.C4H6N2/c1-8-4-6-9(7-5-8)10(2)3;1-9(2)8-4-6-10(3)7-5-8;1-5-2-3-6(8(10)11)4-7(5)9(12)13;1-7-3-5-8(2)6-4-7;1-7-5-3-2-4-6-7;1-6-3-4-7(2)5-6;1-5-3-2-4-6-5;1-6-3-2-5-4-6/h2*4-7H,1-3H3;2-4H,1H3;3-6H,1-2H3;2-6H,1H3;3-5H,1-2H3;2*2-4H,1H3/q;+1;;+1;;+1;;. The quantitative estimate of drug-likeness (QED) is 0.0968. The van der Waals surface area contributed by atoms with Gasteiger partial charge in [-0.2, -0.15) is 0 Å². The number of nitro groups is 2. The van der Waals surface area contributed by atoms with Crippen LogP contribution in [0.15, 0.2) is 182 Å². The van der Waals surface area contributed by atoms with E-state index < -0.39 is 9.85 Å². The van der Waals surface area contributed by atoms with Crippen molar-refractivity contribution in [1.29, 1.82) is 0 Å². The molecular formula is C52H71N10O5+3. The molecule has 8 rings (SSSR count). The van der Waals surface area contributed by atoms with Gasteiger partial charge in [-0.05, 0) is 70.5 Å². The van der Waals surface area contributed by atoms with Gasteiger partial charge in [0.25, 0.3) is 11.4 Å². The molecule has 0 amide bonds. The lowest BCUT2D eigenvalue weighted by Gasteiger charge is -2.11. The molecule has 356 valence electrons. The van der Waals surface area contributed by atoms with Crippen LogP contribution >= 0.6 is 0 Å². The van der Waals surface area contributed by atoms with Crippen LogP contribution in [-0.2, 0) is 35.2 Å². The fraction of sp³-hybridized carbons (Fsp3) is 0.269. The van der Waals surface area contributed by atoms with E-state index >= 15 is 0 Å². The second-order valence-electron chi connectivity index (χ2n) is 15.7. The van der Waals surface area contributed by atoms with Crippen LogP contribution in [0, 0.1) is 54.8 Å². The second kappa shape index (κ2) is 31.8. The summed E-state index contributed by atoms with van der Waals surface area (Å²) in [6, 6.07) is 34.4. The summed E-state index contributed by atoms with van der Waals surface area (Å²) in [5, 5.41) is 20.6. The average molecular weight is 916 g/mol. The molecule has 15 heteroatoms. The number of anilines is 2. The smallest absolute Gasteiger partial charge is 0.279 e. The molecule has 0 unspecified atom stereocenters. The van der Waals surface area contributed by atoms with E-state index in [4.69, 9.17) is 4.42 Å². The molecule has 3 aromatic carbocycles. The Bertz CT molecular complexity index is 2390. The molecule has 0 aliphatic rings. The van der Waals surface area contributed by atoms with E-state index in [1.54, 1.807) is 18.8 Å². The zero-order valence-electron chi connectivity index (χ0n) is 41.8. The molecule has 0 saturated heterocycles. The molecule has 5 aromatic heterocycles. The van der Waals surface area contributed by atoms with Crippen molar-refractivity contribution < 1.29 is 28.0 Å². The number of furan rings is 1. The fourth-order valence-electron chi connectivity index (χ4n) is 4.91. The van der Waals surface area contributed by atoms with E-state index in [0.717, 1.165) is 11.8 Å². The highest BCUT2D eigenvalue weighted by atomic mass is 16.6. The van der Waals surface area contributed by atoms with Gasteiger partial charge in [0.15, 0.2) is 24.8 Å². The Hall–Kier alpha value is -7.94. The summed E-state index contributed by atoms with van der Waals surface area (Å²) < 4.78 is 14.8. The van der Waals surface area contributed by atoms with E-state index in [1.165, 1.54) is 47.1 Å². The van der Waals surface area contributed by atoms with Gasteiger partial charge in [-0.25, -0.2) is 23.3 Å². The molecule has 0 aliphatic heterocycles. The molecule has 67 heavy (non-hydrogen) atoms. The molecule has 0 atom stereocenters. The minimum absolute atomic E-state index is 0.228. The van der Waals surface area contributed by atoms with Crippen molar-refractivity contribution >= 4 is 22.7 Å². The summed E-state index contributed by atoms with van der Waals surface area (Å²) in [6.45, 7) is 9.71. The van der Waals surface area contributed by atoms with Crippen molar-refractivity contribution in [2.24, 2.45) is 35.2 Å². The molecule has 0 fully saturated rings. The lowest BCUT2D eigenvalue weighted by atomic mass is 10.2. The first kappa shape index (κ1) is 57.1. The largest absolute Gasteiger partial charge is 0.470 e. The first-order valence-corrected chi connectivity index (χ1v) is 21.3. The molecule has 0 bridgehead atoms. The summed E-state index contributed by atoms with van der Waals surface area (Å²) in [5.41, 5.74) is 6.35. The SMILES string of the molecule is CN(C)c1cc[n+](C)cc1.Cc1cc[n+](C)cc1.Cc1ccc(N(C)C)cc1.Cc1ccc([N+](=O)[O-])cc1[N+](=O)[O-].Cc1ccccc1.Cc1ccco1.Cn1cc[n+](C)c1.Cn1ccnc1. The predicted molar refractivity (Wildman–Crippen MR) is 269 cm³/mol. The van der Waals surface area contributed by atoms with Crippen molar-refractivity contribution in [2.75, 3.05) is 38.0 Å². The molecule has 0 radical (unpaired) electrons. The maximum Gasteiger partial charge on any atom is 0.279 e. The Morgan fingerprint density at radius 3 is 1.40 bits per heavy atom. The van der Waals surface area contributed by atoms with Crippen LogP contribution in [0.25, 0.3) is 0 Å². The normalized spacial score (nSPS) is 9.28. The van der Waals surface area contributed by atoms with Crippen LogP contribution in [0.4, 0.5) is 22.7 Å². The van der Waals surface area contributed by atoms with E-state index in [0.29, 0.717) is 5.56 Å². The van der Waals surface area contributed by atoms with E-state index in [1.807, 2.05) is 173 Å². The van der Waals surface area contributed by atoms with Crippen molar-refractivity contribution in [3.05, 3.63) is 226 Å². The van der Waals surface area contributed by atoms with Gasteiger partial charge in [0.05, 0.1) is 42.6 Å². The van der Waals surface area contributed by atoms with Crippen LogP contribution in [0.1, 0.15) is 28.0 Å². The summed E-state index contributed by atoms with van der Waals surface area (Å²) in [4.78, 5) is 27.3. The highest BCUT2D eigenvalue weighted by molar-refractivity contribution is 5.48. The van der Waals surface area contributed by atoms with Crippen molar-refractivity contribution in [3.63, 3.8) is 0 Å². The van der Waals surface area contributed by atoms with Gasteiger partial charge < -0.3 is 18.8 Å². The number of hydrogen-bond donors (Lipinski definition) is 0. The Morgan fingerprint density at radius 1 is 0.567 bits per heavy atom. The summed E-state index contributed by atoms with van der Waals surface area (Å²) in [6.07, 6.45) is 21.2. The van der Waals surface area contributed by atoms with Gasteiger partial charge in [-0.15, -0.1) is 0 Å². The number of benzene rings is 3. The summed E-state index contributed by atoms with van der Waals surface area (Å²) in [7, 11) is 18.1. The third-order valence-electron chi connectivity index (χ3n) is 8.91. The molecule has 5 heterocycles. The molecule has 0 saturated carbocycles. The topological polar surface area (TPSA) is 140 Å². The molecule has 0 aliphatic carbocycles. The van der Waals surface area contributed by atoms with Crippen LogP contribution in [-0.4, -0.2) is 52.2 Å². The van der Waals surface area contributed by atoms with E-state index in [9.17, 15) is 20.2 Å². The minimum Gasteiger partial charge on any atom is -0.470 e. The summed E-state index contributed by atoms with van der Waals surface area (Å²) in [5.74, 6) is 0.968. The van der Waals surface area contributed by atoms with Crippen LogP contribution in [0.2, 0.25) is 0 Å². The molecule has 8 aromatic rings. The van der Waals surface area contributed by atoms with Gasteiger partial charge in [0.2, 0.25) is 6.33 Å². The van der Waals surface area contributed by atoms with Gasteiger partial charge in [0.1, 0.15) is 32.2 Å². The first-order valence-electron chi connectivity index (χ1n) is 21.3. The first-order chi connectivity index (χ1) is 31.7. The van der Waals surface area contributed by atoms with Gasteiger partial charge in [-0.1, -0.05) is 53.6 Å². The maximum absolute atomic E-state index is 10.4. The Balaban J connectivity index is 0.000000388. The Morgan fingerprint density at radius 2 is 1.09 bits per heavy atom. The number of imidazole rings is 2. The summed E-state index contributed by atoms with van der Waals surface area (Å²) >= 11 is 0. The predicted octanol–water partition coefficient (Wildman–Crippen LogP) is 9.12. The Labute approximate surface area is 397 Å². The lowest BCUT2D eigenvalue weighted by molar-refractivity contribution is -0.671. The number of non-ortho nitro benzene ring substituents is 1. The van der Waals surface area contributed by atoms with Crippen LogP contribution in [0.3, 0.4) is 0 Å². The fourth-order valence-corrected chi connectivity index (χ4v) is 4.91. The number of rotatable bonds is 4. The highest BCUT2D eigenvalue weighted by Gasteiger charge is 2.16. The number of hydrogen-bond acceptors (Lipinski definition) is 8. The zero-order chi connectivity index (χ0) is 50.3. The van der Waals surface area contributed by atoms with Gasteiger partial charge in [0, 0.05) is 94.9 Å². The minimum atomic E-state index is -0.660. The van der Waals surface area contributed by atoms with Gasteiger partial charge in [-0.3, -0.25) is 20.2 Å². The molecule has 0 N–H and O–H groups in total. The second-order valence-corrected chi connectivity index (χ2v) is 15.7. The number of aromatic nitrogens is 6. The number of pyridine rings is 2. The lowest BCUT2D eigenvalue weighted by Crippen LogP contribution is -2.26.